The summed E-state index contributed by atoms with van der Waals surface area (Å²) in [6.07, 6.45) is 1.58. The molecule has 2 atom stereocenters. The molecule has 0 fully saturated rings. The normalized spacial score (nSPS) is 13.1. The number of carbonyl (C=O) groups excluding carboxylic acids is 2. The molecule has 0 aliphatic heterocycles. The maximum absolute atomic E-state index is 12.8. The van der Waals surface area contributed by atoms with Gasteiger partial charge in [-0.15, -0.1) is 11.3 Å². The zero-order valence-corrected chi connectivity index (χ0v) is 17.1. The van der Waals surface area contributed by atoms with Gasteiger partial charge in [-0.05, 0) is 46.9 Å². The average Bonchev–Trinajstić information content (AvgIpc) is 3.15. The van der Waals surface area contributed by atoms with Crippen molar-refractivity contribution in [1.82, 2.24) is 10.6 Å². The maximum Gasteiger partial charge on any atom is 0.251 e. The average molecular weight is 395 g/mol. The fourth-order valence-electron chi connectivity index (χ4n) is 3.17. The first-order valence-corrected chi connectivity index (χ1v) is 10.6. The number of thiophene rings is 1. The molecule has 0 saturated carbocycles. The molecule has 4 nitrogen and oxygen atoms in total. The van der Waals surface area contributed by atoms with E-state index < -0.39 is 6.04 Å². The second-order valence-corrected chi connectivity index (χ2v) is 7.91. The molecule has 1 aromatic heterocycles. The van der Waals surface area contributed by atoms with Gasteiger partial charge in [0.15, 0.2) is 0 Å². The van der Waals surface area contributed by atoms with Crippen molar-refractivity contribution in [3.63, 3.8) is 0 Å². The highest BCUT2D eigenvalue weighted by atomic mass is 32.1. The molecular weight excluding hydrogens is 368 g/mol. The minimum atomic E-state index is -0.545. The van der Waals surface area contributed by atoms with E-state index in [2.05, 4.69) is 28.1 Å². The zero-order valence-electron chi connectivity index (χ0n) is 16.3. The molecular formula is C23H26N2O2S. The summed E-state index contributed by atoms with van der Waals surface area (Å²) in [4.78, 5) is 25.3. The van der Waals surface area contributed by atoms with E-state index in [-0.39, 0.29) is 17.7 Å². The summed E-state index contributed by atoms with van der Waals surface area (Å²) in [5.74, 6) is -0.294. The van der Waals surface area contributed by atoms with E-state index in [0.717, 1.165) is 12.8 Å². The van der Waals surface area contributed by atoms with E-state index >= 15 is 0 Å². The van der Waals surface area contributed by atoms with Gasteiger partial charge in [0.1, 0.15) is 6.04 Å². The lowest BCUT2D eigenvalue weighted by Crippen LogP contribution is -2.50. The summed E-state index contributed by atoms with van der Waals surface area (Å²) < 4.78 is 1.26. The van der Waals surface area contributed by atoms with Crippen LogP contribution in [0.4, 0.5) is 0 Å². The molecule has 28 heavy (non-hydrogen) atoms. The van der Waals surface area contributed by atoms with E-state index in [9.17, 15) is 9.59 Å². The third-order valence-electron chi connectivity index (χ3n) is 5.07. The van der Waals surface area contributed by atoms with Crippen molar-refractivity contribution in [1.29, 1.82) is 0 Å². The van der Waals surface area contributed by atoms with Gasteiger partial charge in [0, 0.05) is 16.8 Å². The van der Waals surface area contributed by atoms with E-state index in [1.54, 1.807) is 23.5 Å². The summed E-state index contributed by atoms with van der Waals surface area (Å²) in [6.45, 7) is 4.56. The molecule has 2 N–H and O–H groups in total. The molecule has 2 aromatic carbocycles. The van der Waals surface area contributed by atoms with Gasteiger partial charge in [0.2, 0.25) is 5.91 Å². The van der Waals surface area contributed by atoms with Gasteiger partial charge in [-0.2, -0.15) is 0 Å². The van der Waals surface area contributed by atoms with Crippen LogP contribution in [-0.4, -0.2) is 24.4 Å². The van der Waals surface area contributed by atoms with Crippen molar-refractivity contribution >= 4 is 33.2 Å². The Morgan fingerprint density at radius 2 is 1.75 bits per heavy atom. The first kappa shape index (κ1) is 20.1. The van der Waals surface area contributed by atoms with Gasteiger partial charge in [-0.25, -0.2) is 0 Å². The number of carbonyl (C=O) groups is 2. The first-order valence-electron chi connectivity index (χ1n) is 9.69. The van der Waals surface area contributed by atoms with E-state index in [1.807, 2.05) is 44.2 Å². The molecule has 1 heterocycles. The number of amides is 2. The van der Waals surface area contributed by atoms with Crippen molar-refractivity contribution in [2.75, 3.05) is 6.54 Å². The fourth-order valence-corrected chi connectivity index (χ4v) is 4.17. The molecule has 0 radical (unpaired) electrons. The molecule has 3 rings (SSSR count). The monoisotopic (exact) mass is 394 g/mol. The van der Waals surface area contributed by atoms with Crippen LogP contribution in [0.1, 0.15) is 36.2 Å². The van der Waals surface area contributed by atoms with Crippen LogP contribution < -0.4 is 10.6 Å². The maximum atomic E-state index is 12.8. The summed E-state index contributed by atoms with van der Waals surface area (Å²) in [5.41, 5.74) is 1.81. The number of hydrogen-bond donors (Lipinski definition) is 2. The van der Waals surface area contributed by atoms with Crippen LogP contribution in [0.25, 0.3) is 10.1 Å². The van der Waals surface area contributed by atoms with Crippen molar-refractivity contribution < 1.29 is 9.59 Å². The van der Waals surface area contributed by atoms with Crippen LogP contribution >= 0.6 is 11.3 Å². The predicted molar refractivity (Wildman–Crippen MR) is 116 cm³/mol. The molecule has 146 valence electrons. The Bertz CT molecular complexity index is 936. The minimum absolute atomic E-state index is 0.0506. The molecule has 2 amide bonds. The van der Waals surface area contributed by atoms with Crippen LogP contribution in [0.5, 0.6) is 0 Å². The van der Waals surface area contributed by atoms with Crippen molar-refractivity contribution in [3.8, 4) is 0 Å². The molecule has 5 heteroatoms. The Morgan fingerprint density at radius 1 is 1.04 bits per heavy atom. The summed E-state index contributed by atoms with van der Waals surface area (Å²) in [5, 5.41) is 9.32. The van der Waals surface area contributed by atoms with Crippen LogP contribution in [0.3, 0.4) is 0 Å². The van der Waals surface area contributed by atoms with Crippen LogP contribution in [0.2, 0.25) is 0 Å². The first-order chi connectivity index (χ1) is 13.6. The molecule has 0 aliphatic carbocycles. The van der Waals surface area contributed by atoms with E-state index in [1.165, 1.54) is 15.6 Å². The lowest BCUT2D eigenvalue weighted by Gasteiger charge is -2.23. The predicted octanol–water partition coefficient (Wildman–Crippen LogP) is 4.40. The fraction of sp³-hybridized carbons (Fsp3) is 0.304. The quantitative estimate of drug-likeness (QED) is 0.595. The number of fused-ring (bicyclic) bond motifs is 1. The topological polar surface area (TPSA) is 58.2 Å². The van der Waals surface area contributed by atoms with Gasteiger partial charge in [0.25, 0.3) is 5.91 Å². The van der Waals surface area contributed by atoms with E-state index in [0.29, 0.717) is 12.1 Å². The van der Waals surface area contributed by atoms with E-state index in [4.69, 9.17) is 0 Å². The summed E-state index contributed by atoms with van der Waals surface area (Å²) >= 11 is 1.72. The Kier molecular flexibility index (Phi) is 6.82. The third kappa shape index (κ3) is 4.78. The molecule has 2 unspecified atom stereocenters. The Labute approximate surface area is 170 Å². The second-order valence-electron chi connectivity index (χ2n) is 7.00. The van der Waals surface area contributed by atoms with Crippen molar-refractivity contribution in [3.05, 3.63) is 71.1 Å². The summed E-state index contributed by atoms with van der Waals surface area (Å²) in [7, 11) is 0. The largest absolute Gasteiger partial charge is 0.354 e. The van der Waals surface area contributed by atoms with Gasteiger partial charge in [-0.3, -0.25) is 9.59 Å². The van der Waals surface area contributed by atoms with Gasteiger partial charge >= 0.3 is 0 Å². The number of nitrogens with one attached hydrogen (secondary N) is 2. The highest BCUT2D eigenvalue weighted by Gasteiger charge is 2.26. The molecule has 0 aliphatic rings. The SMILES string of the molecule is CCC(C)C(NC(=O)c1ccccc1)C(=O)NCCc1csc2ccccc12. The van der Waals surface area contributed by atoms with Crippen molar-refractivity contribution in [2.45, 2.75) is 32.7 Å². The molecule has 0 bridgehead atoms. The number of benzene rings is 2. The van der Waals surface area contributed by atoms with Gasteiger partial charge < -0.3 is 10.6 Å². The standard InChI is InChI=1S/C23H26N2O2S/c1-3-16(2)21(25-22(26)17-9-5-4-6-10-17)23(27)24-14-13-18-15-28-20-12-8-7-11-19(18)20/h4-12,15-16,21H,3,13-14H2,1-2H3,(H,24,27)(H,25,26). The molecule has 0 spiro atoms. The molecule has 0 saturated heterocycles. The lowest BCUT2D eigenvalue weighted by atomic mass is 9.97. The zero-order chi connectivity index (χ0) is 19.9. The van der Waals surface area contributed by atoms with Crippen LogP contribution in [0, 0.1) is 5.92 Å². The smallest absolute Gasteiger partial charge is 0.251 e. The third-order valence-corrected chi connectivity index (χ3v) is 6.09. The second kappa shape index (κ2) is 9.51. The van der Waals surface area contributed by atoms with Crippen LogP contribution in [-0.2, 0) is 11.2 Å². The summed E-state index contributed by atoms with van der Waals surface area (Å²) in [6, 6.07) is 16.8. The number of rotatable bonds is 8. The lowest BCUT2D eigenvalue weighted by molar-refractivity contribution is -0.124. The molecule has 3 aromatic rings. The van der Waals surface area contributed by atoms with Crippen LogP contribution in [0.15, 0.2) is 60.0 Å². The Hall–Kier alpha value is -2.66. The Balaban J connectivity index is 1.60. The van der Waals surface area contributed by atoms with Gasteiger partial charge in [0.05, 0.1) is 0 Å². The highest BCUT2D eigenvalue weighted by molar-refractivity contribution is 7.17. The van der Waals surface area contributed by atoms with Crippen molar-refractivity contribution in [2.24, 2.45) is 5.92 Å². The number of hydrogen-bond acceptors (Lipinski definition) is 3. The van der Waals surface area contributed by atoms with Gasteiger partial charge in [-0.1, -0.05) is 56.7 Å². The highest BCUT2D eigenvalue weighted by Crippen LogP contribution is 2.25. The Morgan fingerprint density at radius 3 is 2.50 bits per heavy atom. The minimum Gasteiger partial charge on any atom is -0.354 e.